The van der Waals surface area contributed by atoms with Gasteiger partial charge in [-0.15, -0.1) is 0 Å². The van der Waals surface area contributed by atoms with Crippen LogP contribution in [0.1, 0.15) is 32.6 Å². The van der Waals surface area contributed by atoms with Gasteiger partial charge in [0.15, 0.2) is 0 Å². The Morgan fingerprint density at radius 3 is 2.70 bits per heavy atom. The zero-order valence-electron chi connectivity index (χ0n) is 6.68. The van der Waals surface area contributed by atoms with E-state index in [9.17, 15) is 0 Å². The molecular formula is C8H15BO. The van der Waals surface area contributed by atoms with E-state index < -0.39 is 0 Å². The summed E-state index contributed by atoms with van der Waals surface area (Å²) >= 11 is 0. The molecule has 0 aromatic carbocycles. The first-order chi connectivity index (χ1) is 4.83. The Hall–Kier alpha value is 0.0249. The summed E-state index contributed by atoms with van der Waals surface area (Å²) < 4.78 is 5.23. The highest BCUT2D eigenvalue weighted by atomic mass is 16.5. The molecule has 0 saturated heterocycles. The molecular weight excluding hydrogens is 123 g/mol. The van der Waals surface area contributed by atoms with Gasteiger partial charge >= 0.3 is 0 Å². The molecule has 1 rings (SSSR count). The van der Waals surface area contributed by atoms with Crippen molar-refractivity contribution in [2.45, 2.75) is 38.6 Å². The summed E-state index contributed by atoms with van der Waals surface area (Å²) in [6, 6.07) is -0.00435. The van der Waals surface area contributed by atoms with Crippen molar-refractivity contribution < 1.29 is 4.74 Å². The van der Waals surface area contributed by atoms with Crippen LogP contribution in [0.5, 0.6) is 0 Å². The van der Waals surface area contributed by atoms with E-state index in [1.165, 1.54) is 19.3 Å². The lowest BCUT2D eigenvalue weighted by molar-refractivity contribution is 0.0869. The van der Waals surface area contributed by atoms with Crippen molar-refractivity contribution >= 4 is 7.85 Å². The van der Waals surface area contributed by atoms with Crippen molar-refractivity contribution in [1.82, 2.24) is 0 Å². The SMILES string of the molecule is [B]C(CC1CCC1)OCC. The molecule has 0 N–H and O–H groups in total. The first-order valence-corrected chi connectivity index (χ1v) is 4.20. The first kappa shape index (κ1) is 8.12. The van der Waals surface area contributed by atoms with E-state index in [1.54, 1.807) is 0 Å². The topological polar surface area (TPSA) is 9.23 Å². The summed E-state index contributed by atoms with van der Waals surface area (Å²) in [7, 11) is 5.67. The molecule has 10 heavy (non-hydrogen) atoms. The van der Waals surface area contributed by atoms with Crippen LogP contribution in [0.15, 0.2) is 0 Å². The molecule has 0 aromatic heterocycles. The Bertz CT molecular complexity index is 91.3. The highest BCUT2D eigenvalue weighted by Gasteiger charge is 2.19. The van der Waals surface area contributed by atoms with E-state index in [2.05, 4.69) is 0 Å². The second kappa shape index (κ2) is 4.02. The predicted molar refractivity (Wildman–Crippen MR) is 43.1 cm³/mol. The number of rotatable bonds is 4. The summed E-state index contributed by atoms with van der Waals surface area (Å²) in [4.78, 5) is 0. The Kier molecular flexibility index (Phi) is 3.27. The molecule has 1 aliphatic rings. The van der Waals surface area contributed by atoms with Crippen LogP contribution >= 0.6 is 0 Å². The fraction of sp³-hybridized carbons (Fsp3) is 1.00. The van der Waals surface area contributed by atoms with Crippen LogP contribution < -0.4 is 0 Å². The number of hydrogen-bond donors (Lipinski definition) is 0. The van der Waals surface area contributed by atoms with Crippen LogP contribution in [0.25, 0.3) is 0 Å². The molecule has 0 heterocycles. The van der Waals surface area contributed by atoms with Gasteiger partial charge < -0.3 is 4.74 Å². The minimum Gasteiger partial charge on any atom is -0.388 e. The van der Waals surface area contributed by atoms with Crippen molar-refractivity contribution in [3.63, 3.8) is 0 Å². The van der Waals surface area contributed by atoms with Gasteiger partial charge in [-0.1, -0.05) is 19.3 Å². The quantitative estimate of drug-likeness (QED) is 0.537. The van der Waals surface area contributed by atoms with Crippen molar-refractivity contribution in [2.75, 3.05) is 6.61 Å². The molecule has 56 valence electrons. The molecule has 0 aromatic rings. The molecule has 0 bridgehead atoms. The third kappa shape index (κ3) is 2.33. The second-order valence-electron chi connectivity index (χ2n) is 3.03. The van der Waals surface area contributed by atoms with Crippen LogP contribution in [0.4, 0.5) is 0 Å². The van der Waals surface area contributed by atoms with E-state index in [-0.39, 0.29) is 6.00 Å². The minimum atomic E-state index is -0.00435. The van der Waals surface area contributed by atoms with Crippen LogP contribution in [0, 0.1) is 5.92 Å². The molecule has 0 aliphatic heterocycles. The number of hydrogen-bond acceptors (Lipinski definition) is 1. The molecule has 1 nitrogen and oxygen atoms in total. The summed E-state index contributed by atoms with van der Waals surface area (Å²) in [5.41, 5.74) is 0. The summed E-state index contributed by atoms with van der Waals surface area (Å²) in [5.74, 6) is 0.863. The Labute approximate surface area is 64.6 Å². The molecule has 2 heteroatoms. The summed E-state index contributed by atoms with van der Waals surface area (Å²) in [6.07, 6.45) is 5.18. The third-order valence-corrected chi connectivity index (χ3v) is 2.17. The maximum atomic E-state index is 5.67. The Balaban J connectivity index is 1.99. The van der Waals surface area contributed by atoms with Crippen molar-refractivity contribution in [1.29, 1.82) is 0 Å². The maximum Gasteiger partial charge on any atom is 0.108 e. The van der Waals surface area contributed by atoms with Gasteiger partial charge in [-0.05, 0) is 19.3 Å². The second-order valence-corrected chi connectivity index (χ2v) is 3.03. The van der Waals surface area contributed by atoms with Gasteiger partial charge in [0.05, 0.1) is 0 Å². The van der Waals surface area contributed by atoms with Crippen LogP contribution in [-0.2, 0) is 4.74 Å². The normalized spacial score (nSPS) is 22.1. The molecule has 1 saturated carbocycles. The van der Waals surface area contributed by atoms with Crippen LogP contribution in [0.3, 0.4) is 0 Å². The number of ether oxygens (including phenoxy) is 1. The van der Waals surface area contributed by atoms with E-state index in [0.717, 1.165) is 18.9 Å². The fourth-order valence-corrected chi connectivity index (χ4v) is 1.34. The highest BCUT2D eigenvalue weighted by Crippen LogP contribution is 2.30. The van der Waals surface area contributed by atoms with Gasteiger partial charge in [0, 0.05) is 12.6 Å². The lowest BCUT2D eigenvalue weighted by Gasteiger charge is -2.28. The maximum absolute atomic E-state index is 5.67. The lowest BCUT2D eigenvalue weighted by atomic mass is 9.77. The van der Waals surface area contributed by atoms with Crippen LogP contribution in [-0.4, -0.2) is 20.5 Å². The van der Waals surface area contributed by atoms with Crippen molar-refractivity contribution in [2.24, 2.45) is 5.92 Å². The van der Waals surface area contributed by atoms with E-state index in [4.69, 9.17) is 12.6 Å². The van der Waals surface area contributed by atoms with E-state index in [0.29, 0.717) is 0 Å². The van der Waals surface area contributed by atoms with Crippen molar-refractivity contribution in [3.8, 4) is 0 Å². The fourth-order valence-electron chi connectivity index (χ4n) is 1.34. The molecule has 1 fully saturated rings. The molecule has 0 amide bonds. The zero-order valence-corrected chi connectivity index (χ0v) is 6.68. The smallest absolute Gasteiger partial charge is 0.108 e. The molecule has 1 aliphatic carbocycles. The van der Waals surface area contributed by atoms with Gasteiger partial charge in [-0.2, -0.15) is 0 Å². The Morgan fingerprint density at radius 1 is 1.60 bits per heavy atom. The van der Waals surface area contributed by atoms with Gasteiger partial charge in [-0.3, -0.25) is 0 Å². The van der Waals surface area contributed by atoms with E-state index in [1.807, 2.05) is 6.92 Å². The Morgan fingerprint density at radius 2 is 2.30 bits per heavy atom. The predicted octanol–water partition coefficient (Wildman–Crippen LogP) is 1.71. The van der Waals surface area contributed by atoms with E-state index >= 15 is 0 Å². The van der Waals surface area contributed by atoms with Gasteiger partial charge in [0.2, 0.25) is 0 Å². The average molecular weight is 138 g/mol. The molecule has 1 unspecified atom stereocenters. The monoisotopic (exact) mass is 138 g/mol. The first-order valence-electron chi connectivity index (χ1n) is 4.20. The summed E-state index contributed by atoms with van der Waals surface area (Å²) in [6.45, 7) is 2.73. The molecule has 0 spiro atoms. The van der Waals surface area contributed by atoms with Crippen LogP contribution in [0.2, 0.25) is 0 Å². The van der Waals surface area contributed by atoms with Crippen molar-refractivity contribution in [3.05, 3.63) is 0 Å². The molecule has 1 atom stereocenters. The largest absolute Gasteiger partial charge is 0.388 e. The highest BCUT2D eigenvalue weighted by molar-refractivity contribution is 6.10. The minimum absolute atomic E-state index is 0.00435. The van der Waals surface area contributed by atoms with Gasteiger partial charge in [0.1, 0.15) is 7.85 Å². The average Bonchev–Trinajstić information content (AvgIpc) is 1.80. The summed E-state index contributed by atoms with van der Waals surface area (Å²) in [5, 5.41) is 0. The standard InChI is InChI=1S/C8H15BO/c1-2-10-8(9)6-7-4-3-5-7/h7-8H,2-6H2,1H3. The zero-order chi connectivity index (χ0) is 7.40. The van der Waals surface area contributed by atoms with Gasteiger partial charge in [-0.25, -0.2) is 0 Å². The van der Waals surface area contributed by atoms with Gasteiger partial charge in [0.25, 0.3) is 0 Å². The lowest BCUT2D eigenvalue weighted by Crippen LogP contribution is -2.21. The molecule has 2 radical (unpaired) electrons. The third-order valence-electron chi connectivity index (χ3n) is 2.17.